The molecule has 0 radical (unpaired) electrons. The van der Waals surface area contributed by atoms with Crippen molar-refractivity contribution < 1.29 is 28.8 Å². The monoisotopic (exact) mass is 397 g/mol. The number of hydrogen-bond acceptors (Lipinski definition) is 4. The Bertz CT molecular complexity index is 963. The second-order valence-corrected chi connectivity index (χ2v) is 7.44. The van der Waals surface area contributed by atoms with Crippen molar-refractivity contribution in [2.75, 3.05) is 13.7 Å². The standard InChI is InChI=1S/C22H21FN2O4/c1-3-29-21(28)22(14-7-5-4-6-8-14)17-16(19(26)25(2)20(17)27)18(24-22)13-9-11-15(23)12-10-13/h4-12,16-18,24H,3H2,1-2H3/p+1/t16-,17+,18-,22+/m0/s1. The van der Waals surface area contributed by atoms with Crippen LogP contribution in [0.2, 0.25) is 0 Å². The molecule has 7 heteroatoms. The molecule has 0 unspecified atom stereocenters. The van der Waals surface area contributed by atoms with E-state index in [2.05, 4.69) is 0 Å². The Morgan fingerprint density at radius 3 is 2.38 bits per heavy atom. The SMILES string of the molecule is CCOC(=O)[C@]1(c2ccccc2)[NH2+][C@@H](c2ccc(F)cc2)[C@H]2C(=O)N(C)C(=O)[C@@H]21. The molecule has 0 saturated carbocycles. The van der Waals surface area contributed by atoms with Crippen LogP contribution in [0.1, 0.15) is 24.1 Å². The van der Waals surface area contributed by atoms with E-state index in [0.29, 0.717) is 11.1 Å². The minimum Gasteiger partial charge on any atom is -0.461 e. The first-order valence-electron chi connectivity index (χ1n) is 9.57. The predicted molar refractivity (Wildman–Crippen MR) is 101 cm³/mol. The number of halogens is 1. The summed E-state index contributed by atoms with van der Waals surface area (Å²) in [7, 11) is 1.44. The molecule has 2 heterocycles. The van der Waals surface area contributed by atoms with Gasteiger partial charge in [0.15, 0.2) is 0 Å². The van der Waals surface area contributed by atoms with Gasteiger partial charge in [-0.3, -0.25) is 14.5 Å². The number of imide groups is 1. The minimum atomic E-state index is -1.39. The van der Waals surface area contributed by atoms with Gasteiger partial charge >= 0.3 is 5.97 Å². The van der Waals surface area contributed by atoms with Crippen molar-refractivity contribution in [3.05, 3.63) is 71.5 Å². The third-order valence-electron chi connectivity index (χ3n) is 6.01. The molecule has 0 aromatic heterocycles. The van der Waals surface area contributed by atoms with E-state index in [1.165, 1.54) is 19.2 Å². The number of esters is 1. The Morgan fingerprint density at radius 1 is 1.10 bits per heavy atom. The smallest absolute Gasteiger partial charge is 0.373 e. The van der Waals surface area contributed by atoms with E-state index in [0.717, 1.165) is 4.90 Å². The van der Waals surface area contributed by atoms with Crippen LogP contribution < -0.4 is 5.32 Å². The van der Waals surface area contributed by atoms with Gasteiger partial charge in [0, 0.05) is 18.2 Å². The lowest BCUT2D eigenvalue weighted by atomic mass is 9.75. The molecule has 2 aliphatic heterocycles. The van der Waals surface area contributed by atoms with Crippen LogP contribution >= 0.6 is 0 Å². The molecule has 2 amide bonds. The van der Waals surface area contributed by atoms with Gasteiger partial charge in [-0.1, -0.05) is 42.5 Å². The fourth-order valence-electron chi connectivity index (χ4n) is 4.71. The number of rotatable bonds is 4. The van der Waals surface area contributed by atoms with Crippen molar-refractivity contribution in [3.63, 3.8) is 0 Å². The first kappa shape index (κ1) is 19.3. The molecule has 2 aromatic carbocycles. The fourth-order valence-corrected chi connectivity index (χ4v) is 4.71. The third-order valence-corrected chi connectivity index (χ3v) is 6.01. The topological polar surface area (TPSA) is 80.3 Å². The van der Waals surface area contributed by atoms with Crippen molar-refractivity contribution in [1.82, 2.24) is 4.90 Å². The van der Waals surface area contributed by atoms with Gasteiger partial charge in [0.2, 0.25) is 17.4 Å². The van der Waals surface area contributed by atoms with Gasteiger partial charge in [-0.15, -0.1) is 0 Å². The van der Waals surface area contributed by atoms with Gasteiger partial charge in [-0.25, -0.2) is 9.18 Å². The highest BCUT2D eigenvalue weighted by Gasteiger charge is 2.72. The van der Waals surface area contributed by atoms with Gasteiger partial charge in [-0.05, 0) is 19.1 Å². The molecular weight excluding hydrogens is 375 g/mol. The molecular formula is C22H22FN2O4+. The fraction of sp³-hybridized carbons (Fsp3) is 0.318. The maximum absolute atomic E-state index is 13.5. The summed E-state index contributed by atoms with van der Waals surface area (Å²) < 4.78 is 18.9. The van der Waals surface area contributed by atoms with E-state index in [4.69, 9.17) is 4.74 Å². The Morgan fingerprint density at radius 2 is 1.76 bits per heavy atom. The molecule has 2 saturated heterocycles. The van der Waals surface area contributed by atoms with Crippen molar-refractivity contribution >= 4 is 17.8 Å². The van der Waals surface area contributed by atoms with Gasteiger partial charge in [-0.2, -0.15) is 0 Å². The Labute approximate surface area is 167 Å². The van der Waals surface area contributed by atoms with E-state index >= 15 is 0 Å². The highest BCUT2D eigenvalue weighted by Crippen LogP contribution is 2.48. The van der Waals surface area contributed by atoms with Crippen LogP contribution in [0.4, 0.5) is 4.39 Å². The van der Waals surface area contributed by atoms with E-state index < -0.39 is 41.1 Å². The molecule has 2 N–H and O–H groups in total. The van der Waals surface area contributed by atoms with Crippen molar-refractivity contribution in [2.45, 2.75) is 18.5 Å². The summed E-state index contributed by atoms with van der Waals surface area (Å²) in [6.07, 6.45) is 0. The van der Waals surface area contributed by atoms with Crippen LogP contribution in [0, 0.1) is 17.7 Å². The first-order chi connectivity index (χ1) is 13.9. The molecule has 6 nitrogen and oxygen atoms in total. The molecule has 2 aromatic rings. The molecule has 4 atom stereocenters. The first-order valence-corrected chi connectivity index (χ1v) is 9.57. The Hall–Kier alpha value is -3.06. The lowest BCUT2D eigenvalue weighted by Gasteiger charge is -2.29. The number of fused-ring (bicyclic) bond motifs is 1. The zero-order chi connectivity index (χ0) is 20.8. The van der Waals surface area contributed by atoms with Crippen LogP contribution in [-0.2, 0) is 24.7 Å². The van der Waals surface area contributed by atoms with Crippen LogP contribution in [0.15, 0.2) is 54.6 Å². The van der Waals surface area contributed by atoms with Crippen molar-refractivity contribution in [2.24, 2.45) is 11.8 Å². The normalized spacial score (nSPS) is 28.5. The van der Waals surface area contributed by atoms with Crippen molar-refractivity contribution in [1.29, 1.82) is 0 Å². The summed E-state index contributed by atoms with van der Waals surface area (Å²) in [5.41, 5.74) is -0.104. The number of ether oxygens (including phenoxy) is 1. The summed E-state index contributed by atoms with van der Waals surface area (Å²) >= 11 is 0. The molecule has 29 heavy (non-hydrogen) atoms. The summed E-state index contributed by atoms with van der Waals surface area (Å²) in [5, 5.41) is 1.76. The predicted octanol–water partition coefficient (Wildman–Crippen LogP) is 1.13. The Balaban J connectivity index is 1.93. The molecule has 0 spiro atoms. The second-order valence-electron chi connectivity index (χ2n) is 7.44. The summed E-state index contributed by atoms with van der Waals surface area (Å²) in [6, 6.07) is 14.2. The summed E-state index contributed by atoms with van der Waals surface area (Å²) in [4.78, 5) is 40.5. The number of nitrogens with zero attached hydrogens (tertiary/aromatic N) is 1. The molecule has 2 fully saturated rings. The van der Waals surface area contributed by atoms with E-state index in [1.54, 1.807) is 48.6 Å². The van der Waals surface area contributed by atoms with Gasteiger partial charge < -0.3 is 10.1 Å². The average molecular weight is 397 g/mol. The van der Waals surface area contributed by atoms with E-state index in [1.807, 2.05) is 6.07 Å². The number of hydrogen-bond donors (Lipinski definition) is 1. The van der Waals surface area contributed by atoms with E-state index in [-0.39, 0.29) is 12.5 Å². The summed E-state index contributed by atoms with van der Waals surface area (Å²) in [5.74, 6) is -3.35. The number of nitrogens with two attached hydrogens (primary N) is 1. The van der Waals surface area contributed by atoms with Gasteiger partial charge in [0.05, 0.1) is 6.61 Å². The van der Waals surface area contributed by atoms with Gasteiger partial charge in [0.25, 0.3) is 0 Å². The number of amides is 2. The quantitative estimate of drug-likeness (QED) is 0.620. The highest BCUT2D eigenvalue weighted by molar-refractivity contribution is 6.08. The van der Waals surface area contributed by atoms with Crippen LogP contribution in [0.5, 0.6) is 0 Å². The Kier molecular flexibility index (Phi) is 4.70. The minimum absolute atomic E-state index is 0.151. The molecule has 150 valence electrons. The number of carbonyl (C=O) groups excluding carboxylic acids is 3. The lowest BCUT2D eigenvalue weighted by molar-refractivity contribution is -0.742. The average Bonchev–Trinajstić information content (AvgIpc) is 3.20. The van der Waals surface area contributed by atoms with Gasteiger partial charge in [0.1, 0.15) is 23.7 Å². The maximum Gasteiger partial charge on any atom is 0.373 e. The number of quaternary nitrogens is 1. The molecule has 0 aliphatic carbocycles. The van der Waals surface area contributed by atoms with Crippen LogP contribution in [0.25, 0.3) is 0 Å². The molecule has 4 rings (SSSR count). The maximum atomic E-state index is 13.5. The number of benzene rings is 2. The zero-order valence-corrected chi connectivity index (χ0v) is 16.2. The highest BCUT2D eigenvalue weighted by atomic mass is 19.1. The zero-order valence-electron chi connectivity index (χ0n) is 16.2. The number of carbonyl (C=O) groups is 3. The van der Waals surface area contributed by atoms with Crippen molar-refractivity contribution in [3.8, 4) is 0 Å². The molecule has 0 bridgehead atoms. The van der Waals surface area contributed by atoms with Crippen LogP contribution in [0.3, 0.4) is 0 Å². The number of likely N-dealkylation sites (tertiary alicyclic amines) is 1. The summed E-state index contributed by atoms with van der Waals surface area (Å²) in [6.45, 7) is 1.85. The van der Waals surface area contributed by atoms with E-state index in [9.17, 15) is 18.8 Å². The third kappa shape index (κ3) is 2.76. The largest absolute Gasteiger partial charge is 0.461 e. The second kappa shape index (κ2) is 7.08. The molecule has 2 aliphatic rings. The van der Waals surface area contributed by atoms with Crippen LogP contribution in [-0.4, -0.2) is 36.3 Å². The lowest BCUT2D eigenvalue weighted by Crippen LogP contribution is -2.96.